The quantitative estimate of drug-likeness (QED) is 0.894. The molecule has 7 heteroatoms. The van der Waals surface area contributed by atoms with E-state index >= 15 is 0 Å². The van der Waals surface area contributed by atoms with Gasteiger partial charge in [0, 0.05) is 24.2 Å². The summed E-state index contributed by atoms with van der Waals surface area (Å²) in [5.41, 5.74) is 0.113. The van der Waals surface area contributed by atoms with Gasteiger partial charge in [0.25, 0.3) is 0 Å². The minimum absolute atomic E-state index is 0.113. The molecule has 2 N–H and O–H groups in total. The number of nitrogens with one attached hydrogen (secondary N) is 2. The lowest BCUT2D eigenvalue weighted by Gasteiger charge is -2.29. The predicted octanol–water partition coefficient (Wildman–Crippen LogP) is 1.83. The highest BCUT2D eigenvalue weighted by Gasteiger charge is 2.35. The minimum Gasteiger partial charge on any atom is -0.311 e. The summed E-state index contributed by atoms with van der Waals surface area (Å²) in [6.45, 7) is 1.42. The molecule has 2 heterocycles. The van der Waals surface area contributed by atoms with Crippen molar-refractivity contribution in [2.24, 2.45) is 0 Å². The number of hydrogen-bond acceptors (Lipinski definition) is 3. The molecule has 2 fully saturated rings. The van der Waals surface area contributed by atoms with Gasteiger partial charge in [-0.15, -0.1) is 0 Å². The van der Waals surface area contributed by atoms with Gasteiger partial charge in [-0.25, -0.2) is 21.9 Å². The zero-order valence-corrected chi connectivity index (χ0v) is 12.5. The molecule has 0 aliphatic carbocycles. The fourth-order valence-corrected chi connectivity index (χ4v) is 4.68. The van der Waals surface area contributed by atoms with E-state index in [1.54, 1.807) is 0 Å². The maximum Gasteiger partial charge on any atom is 0.243 e. The van der Waals surface area contributed by atoms with Gasteiger partial charge in [0.15, 0.2) is 0 Å². The summed E-state index contributed by atoms with van der Waals surface area (Å²) in [5.74, 6) is -1.80. The first-order valence-corrected chi connectivity index (χ1v) is 8.57. The highest BCUT2D eigenvalue weighted by molar-refractivity contribution is 7.89. The van der Waals surface area contributed by atoms with Crippen LogP contribution in [0.1, 0.15) is 31.2 Å². The van der Waals surface area contributed by atoms with Gasteiger partial charge >= 0.3 is 0 Å². The first-order chi connectivity index (χ1) is 9.85. The average Bonchev–Trinajstić information content (AvgIpc) is 2.72. The van der Waals surface area contributed by atoms with Gasteiger partial charge in [-0.2, -0.15) is 0 Å². The number of halogens is 2. The first kappa shape index (κ1) is 14.9. The van der Waals surface area contributed by atoms with E-state index in [1.807, 2.05) is 0 Å². The molecule has 3 rings (SSSR count). The van der Waals surface area contributed by atoms with Crippen molar-refractivity contribution in [3.8, 4) is 0 Å². The van der Waals surface area contributed by atoms with Gasteiger partial charge < -0.3 is 5.32 Å². The van der Waals surface area contributed by atoms with Crippen molar-refractivity contribution in [2.75, 3.05) is 0 Å². The van der Waals surface area contributed by atoms with Crippen LogP contribution in [0.15, 0.2) is 17.0 Å². The Kier molecular flexibility index (Phi) is 3.75. The van der Waals surface area contributed by atoms with Crippen LogP contribution >= 0.6 is 0 Å². The third kappa shape index (κ3) is 2.95. The Morgan fingerprint density at radius 2 is 1.76 bits per heavy atom. The van der Waals surface area contributed by atoms with Crippen LogP contribution in [0.2, 0.25) is 0 Å². The molecule has 21 heavy (non-hydrogen) atoms. The highest BCUT2D eigenvalue weighted by Crippen LogP contribution is 2.28. The van der Waals surface area contributed by atoms with Gasteiger partial charge in [0.2, 0.25) is 10.0 Å². The van der Waals surface area contributed by atoms with Crippen LogP contribution in [0.4, 0.5) is 8.78 Å². The number of hydrogen-bond donors (Lipinski definition) is 2. The van der Waals surface area contributed by atoms with E-state index in [0.29, 0.717) is 31.0 Å². The Morgan fingerprint density at radius 3 is 2.38 bits per heavy atom. The number of sulfonamides is 1. The van der Waals surface area contributed by atoms with Crippen LogP contribution in [-0.4, -0.2) is 26.5 Å². The second-order valence-electron chi connectivity index (χ2n) is 5.96. The summed E-state index contributed by atoms with van der Waals surface area (Å²) < 4.78 is 54.2. The zero-order valence-electron chi connectivity index (χ0n) is 11.7. The molecular formula is C14H18F2N2O2S. The van der Waals surface area contributed by atoms with Crippen LogP contribution in [0, 0.1) is 18.6 Å². The number of fused-ring (bicyclic) bond motifs is 2. The summed E-state index contributed by atoms with van der Waals surface area (Å²) in [6, 6.07) is 2.13. The van der Waals surface area contributed by atoms with Crippen molar-refractivity contribution in [1.29, 1.82) is 0 Å². The van der Waals surface area contributed by atoms with E-state index in [4.69, 9.17) is 0 Å². The SMILES string of the molecule is Cc1cc(S(=O)(=O)NC2CC3CCC(C2)N3)c(F)cc1F. The molecule has 0 aromatic heterocycles. The fourth-order valence-electron chi connectivity index (χ4n) is 3.27. The van der Waals surface area contributed by atoms with Crippen LogP contribution in [-0.2, 0) is 10.0 Å². The van der Waals surface area contributed by atoms with Crippen LogP contribution in [0.5, 0.6) is 0 Å². The molecule has 1 aromatic rings. The van der Waals surface area contributed by atoms with E-state index in [2.05, 4.69) is 10.0 Å². The van der Waals surface area contributed by atoms with E-state index in [0.717, 1.165) is 18.9 Å². The summed E-state index contributed by atoms with van der Waals surface area (Å²) >= 11 is 0. The molecule has 2 aliphatic heterocycles. The normalized spacial score (nSPS) is 28.8. The summed E-state index contributed by atoms with van der Waals surface area (Å²) in [5, 5.41) is 3.42. The molecule has 2 saturated heterocycles. The molecule has 4 nitrogen and oxygen atoms in total. The Hall–Kier alpha value is -1.05. The highest BCUT2D eigenvalue weighted by atomic mass is 32.2. The number of piperidine rings is 1. The van der Waals surface area contributed by atoms with Gasteiger partial charge in [-0.1, -0.05) is 0 Å². The Bertz CT molecular complexity index is 651. The second kappa shape index (κ2) is 5.30. The van der Waals surface area contributed by atoms with E-state index in [1.165, 1.54) is 6.92 Å². The van der Waals surface area contributed by atoms with Gasteiger partial charge in [0.1, 0.15) is 16.5 Å². The maximum absolute atomic E-state index is 13.8. The summed E-state index contributed by atoms with van der Waals surface area (Å²) in [6.07, 6.45) is 3.51. The largest absolute Gasteiger partial charge is 0.311 e. The number of benzene rings is 1. The zero-order chi connectivity index (χ0) is 15.2. The van der Waals surface area contributed by atoms with Gasteiger partial charge in [-0.05, 0) is 44.2 Å². The monoisotopic (exact) mass is 316 g/mol. The Morgan fingerprint density at radius 1 is 1.14 bits per heavy atom. The molecular weight excluding hydrogens is 298 g/mol. The van der Waals surface area contributed by atoms with E-state index in [-0.39, 0.29) is 11.6 Å². The average molecular weight is 316 g/mol. The molecule has 1 aromatic carbocycles. The fraction of sp³-hybridized carbons (Fsp3) is 0.571. The Balaban J connectivity index is 1.82. The van der Waals surface area contributed by atoms with Crippen molar-refractivity contribution >= 4 is 10.0 Å². The summed E-state index contributed by atoms with van der Waals surface area (Å²) in [4.78, 5) is -0.479. The third-order valence-electron chi connectivity index (χ3n) is 4.30. The molecule has 116 valence electrons. The Labute approximate surface area is 123 Å². The van der Waals surface area contributed by atoms with Crippen molar-refractivity contribution < 1.29 is 17.2 Å². The van der Waals surface area contributed by atoms with Crippen molar-refractivity contribution in [1.82, 2.24) is 10.0 Å². The molecule has 0 saturated carbocycles. The third-order valence-corrected chi connectivity index (χ3v) is 5.83. The van der Waals surface area contributed by atoms with E-state index < -0.39 is 26.6 Å². The van der Waals surface area contributed by atoms with Crippen LogP contribution < -0.4 is 10.0 Å². The van der Waals surface area contributed by atoms with E-state index in [9.17, 15) is 17.2 Å². The molecule has 2 aliphatic rings. The lowest BCUT2D eigenvalue weighted by atomic mass is 10.0. The molecule has 2 atom stereocenters. The van der Waals surface area contributed by atoms with Crippen molar-refractivity contribution in [3.05, 3.63) is 29.3 Å². The number of rotatable bonds is 3. The smallest absolute Gasteiger partial charge is 0.243 e. The van der Waals surface area contributed by atoms with Gasteiger partial charge in [0.05, 0.1) is 0 Å². The standard InChI is InChI=1S/C14H18F2N2O2S/c1-8-4-14(13(16)7-12(8)15)21(19,20)18-11-5-9-2-3-10(6-11)17-9/h4,7,9-11,17-18H,2-3,5-6H2,1H3. The maximum atomic E-state index is 13.8. The van der Waals surface area contributed by atoms with Crippen molar-refractivity contribution in [3.63, 3.8) is 0 Å². The molecule has 0 radical (unpaired) electrons. The lowest BCUT2D eigenvalue weighted by molar-refractivity contribution is 0.345. The van der Waals surface area contributed by atoms with Crippen LogP contribution in [0.3, 0.4) is 0 Å². The molecule has 0 amide bonds. The second-order valence-corrected chi connectivity index (χ2v) is 7.64. The van der Waals surface area contributed by atoms with Gasteiger partial charge in [-0.3, -0.25) is 0 Å². The molecule has 2 unspecified atom stereocenters. The minimum atomic E-state index is -3.97. The topological polar surface area (TPSA) is 58.2 Å². The summed E-state index contributed by atoms with van der Waals surface area (Å²) in [7, 11) is -3.97. The number of aryl methyl sites for hydroxylation is 1. The molecule has 2 bridgehead atoms. The van der Waals surface area contributed by atoms with Crippen LogP contribution in [0.25, 0.3) is 0 Å². The van der Waals surface area contributed by atoms with Crippen molar-refractivity contribution in [2.45, 2.75) is 55.6 Å². The lowest BCUT2D eigenvalue weighted by Crippen LogP contribution is -2.48. The first-order valence-electron chi connectivity index (χ1n) is 7.09. The molecule has 0 spiro atoms. The predicted molar refractivity (Wildman–Crippen MR) is 74.4 cm³/mol.